The number of ether oxygens (including phenoxy) is 1. The first-order valence-electron chi connectivity index (χ1n) is 4.73. The Hall–Kier alpha value is -0.370. The highest BCUT2D eigenvalue weighted by Crippen LogP contribution is 2.33. The number of ketones is 1. The van der Waals surface area contributed by atoms with Gasteiger partial charge in [0, 0.05) is 13.0 Å². The Kier molecular flexibility index (Phi) is 2.89. The Bertz CT molecular complexity index is 167. The summed E-state index contributed by atoms with van der Waals surface area (Å²) in [5.74, 6) is 0.591. The van der Waals surface area contributed by atoms with Gasteiger partial charge in [-0.05, 0) is 26.2 Å². The van der Waals surface area contributed by atoms with Gasteiger partial charge < -0.3 is 4.74 Å². The van der Waals surface area contributed by atoms with Crippen molar-refractivity contribution in [3.63, 3.8) is 0 Å². The van der Waals surface area contributed by atoms with E-state index in [1.54, 1.807) is 7.11 Å². The first kappa shape index (κ1) is 9.72. The smallest absolute Gasteiger partial charge is 0.167 e. The van der Waals surface area contributed by atoms with Gasteiger partial charge in [0.1, 0.15) is 5.60 Å². The topological polar surface area (TPSA) is 26.3 Å². The zero-order valence-electron chi connectivity index (χ0n) is 8.22. The third kappa shape index (κ3) is 1.53. The summed E-state index contributed by atoms with van der Waals surface area (Å²) in [6, 6.07) is 0. The predicted octanol–water partition coefficient (Wildman–Crippen LogP) is 2.17. The van der Waals surface area contributed by atoms with Gasteiger partial charge in [-0.2, -0.15) is 0 Å². The molecule has 0 radical (unpaired) electrons. The van der Waals surface area contributed by atoms with E-state index in [1.165, 1.54) is 6.42 Å². The molecule has 1 aliphatic rings. The van der Waals surface area contributed by atoms with E-state index in [4.69, 9.17) is 4.74 Å². The van der Waals surface area contributed by atoms with Crippen LogP contribution in [0.25, 0.3) is 0 Å². The quantitative estimate of drug-likeness (QED) is 0.646. The molecular formula is C10H18O2. The maximum Gasteiger partial charge on any atom is 0.167 e. The molecule has 0 aromatic carbocycles. The molecule has 70 valence electrons. The van der Waals surface area contributed by atoms with E-state index >= 15 is 0 Å². The summed E-state index contributed by atoms with van der Waals surface area (Å²) in [5, 5.41) is 0. The zero-order chi connectivity index (χ0) is 9.19. The van der Waals surface area contributed by atoms with Gasteiger partial charge in [-0.25, -0.2) is 0 Å². The van der Waals surface area contributed by atoms with E-state index in [9.17, 15) is 4.79 Å². The molecule has 0 amide bonds. The second kappa shape index (κ2) is 3.56. The molecule has 0 N–H and O–H groups in total. The molecule has 2 heteroatoms. The van der Waals surface area contributed by atoms with Gasteiger partial charge in [0.2, 0.25) is 0 Å². The summed E-state index contributed by atoms with van der Waals surface area (Å²) in [7, 11) is 1.63. The van der Waals surface area contributed by atoms with Crippen molar-refractivity contribution in [1.29, 1.82) is 0 Å². The standard InChI is InChI=1S/C10H18O2/c1-4-10(2,12-3)9(11)8-6-5-7-8/h8H,4-7H2,1-3H3. The average Bonchev–Trinajstić information content (AvgIpc) is 2.00. The summed E-state index contributed by atoms with van der Waals surface area (Å²) in [6.07, 6.45) is 4.12. The third-order valence-corrected chi connectivity index (χ3v) is 3.12. The largest absolute Gasteiger partial charge is 0.371 e. The zero-order valence-corrected chi connectivity index (χ0v) is 8.22. The van der Waals surface area contributed by atoms with Gasteiger partial charge >= 0.3 is 0 Å². The predicted molar refractivity (Wildman–Crippen MR) is 48.1 cm³/mol. The Labute approximate surface area is 74.3 Å². The lowest BCUT2D eigenvalue weighted by Gasteiger charge is -2.33. The highest BCUT2D eigenvalue weighted by Gasteiger charge is 2.38. The number of hydrogen-bond acceptors (Lipinski definition) is 2. The first-order chi connectivity index (χ1) is 5.64. The van der Waals surface area contributed by atoms with Crippen LogP contribution in [0.15, 0.2) is 0 Å². The van der Waals surface area contributed by atoms with Crippen LogP contribution in [0.5, 0.6) is 0 Å². The number of rotatable bonds is 4. The molecule has 0 aromatic heterocycles. The van der Waals surface area contributed by atoms with Crippen LogP contribution in [0.1, 0.15) is 39.5 Å². The maximum atomic E-state index is 11.8. The van der Waals surface area contributed by atoms with E-state index in [1.807, 2.05) is 13.8 Å². The minimum atomic E-state index is -0.523. The lowest BCUT2D eigenvalue weighted by Crippen LogP contribution is -2.43. The molecule has 1 atom stereocenters. The second-order valence-corrected chi connectivity index (χ2v) is 3.78. The molecule has 1 unspecified atom stereocenters. The van der Waals surface area contributed by atoms with Crippen LogP contribution < -0.4 is 0 Å². The van der Waals surface area contributed by atoms with Crippen molar-refractivity contribution in [3.8, 4) is 0 Å². The molecule has 1 aliphatic carbocycles. The number of methoxy groups -OCH3 is 1. The lowest BCUT2D eigenvalue weighted by atomic mass is 9.76. The van der Waals surface area contributed by atoms with Crippen molar-refractivity contribution in [3.05, 3.63) is 0 Å². The van der Waals surface area contributed by atoms with Crippen molar-refractivity contribution in [2.45, 2.75) is 45.1 Å². The van der Waals surface area contributed by atoms with Crippen LogP contribution in [0.4, 0.5) is 0 Å². The summed E-state index contributed by atoms with van der Waals surface area (Å²) < 4.78 is 5.26. The normalized spacial score (nSPS) is 22.9. The van der Waals surface area contributed by atoms with Crippen LogP contribution in [0.3, 0.4) is 0 Å². The molecule has 1 saturated carbocycles. The average molecular weight is 170 g/mol. The fourth-order valence-electron chi connectivity index (χ4n) is 1.52. The van der Waals surface area contributed by atoms with E-state index in [0.29, 0.717) is 5.78 Å². The molecule has 0 aromatic rings. The van der Waals surface area contributed by atoms with Crippen molar-refractivity contribution in [2.24, 2.45) is 5.92 Å². The number of carbonyl (C=O) groups is 1. The molecule has 1 rings (SSSR count). The van der Waals surface area contributed by atoms with E-state index in [2.05, 4.69) is 0 Å². The Morgan fingerprint density at radius 1 is 1.58 bits per heavy atom. The second-order valence-electron chi connectivity index (χ2n) is 3.78. The molecule has 1 fully saturated rings. The van der Waals surface area contributed by atoms with Gasteiger partial charge in [0.15, 0.2) is 5.78 Å². The molecule has 0 bridgehead atoms. The molecular weight excluding hydrogens is 152 g/mol. The van der Waals surface area contributed by atoms with Crippen LogP contribution in [-0.4, -0.2) is 18.5 Å². The van der Waals surface area contributed by atoms with Crippen molar-refractivity contribution < 1.29 is 9.53 Å². The van der Waals surface area contributed by atoms with E-state index < -0.39 is 5.60 Å². The third-order valence-electron chi connectivity index (χ3n) is 3.12. The molecule has 0 heterocycles. The molecule has 2 nitrogen and oxygen atoms in total. The first-order valence-corrected chi connectivity index (χ1v) is 4.73. The van der Waals surface area contributed by atoms with Crippen molar-refractivity contribution in [1.82, 2.24) is 0 Å². The van der Waals surface area contributed by atoms with Gasteiger partial charge in [-0.1, -0.05) is 13.3 Å². The van der Waals surface area contributed by atoms with Gasteiger partial charge in [0.25, 0.3) is 0 Å². The van der Waals surface area contributed by atoms with Crippen LogP contribution >= 0.6 is 0 Å². The minimum absolute atomic E-state index is 0.287. The minimum Gasteiger partial charge on any atom is -0.371 e. The summed E-state index contributed by atoms with van der Waals surface area (Å²) in [6.45, 7) is 3.90. The van der Waals surface area contributed by atoms with Gasteiger partial charge in [-0.3, -0.25) is 4.79 Å². The van der Waals surface area contributed by atoms with Crippen LogP contribution in [-0.2, 0) is 9.53 Å². The van der Waals surface area contributed by atoms with Crippen molar-refractivity contribution in [2.75, 3.05) is 7.11 Å². The number of carbonyl (C=O) groups excluding carboxylic acids is 1. The summed E-state index contributed by atoms with van der Waals surface area (Å²) >= 11 is 0. The Morgan fingerprint density at radius 2 is 2.17 bits per heavy atom. The summed E-state index contributed by atoms with van der Waals surface area (Å²) in [5.41, 5.74) is -0.523. The number of Topliss-reactive ketones (excluding diaryl/α,β-unsaturated/α-hetero) is 1. The van der Waals surface area contributed by atoms with Gasteiger partial charge in [0.05, 0.1) is 0 Å². The highest BCUT2D eigenvalue weighted by molar-refractivity contribution is 5.89. The van der Waals surface area contributed by atoms with Crippen molar-refractivity contribution >= 4 is 5.78 Å². The lowest BCUT2D eigenvalue weighted by molar-refractivity contribution is -0.146. The highest BCUT2D eigenvalue weighted by atomic mass is 16.5. The SMILES string of the molecule is CCC(C)(OC)C(=O)C1CCC1. The van der Waals surface area contributed by atoms with Crippen LogP contribution in [0, 0.1) is 5.92 Å². The molecule has 12 heavy (non-hydrogen) atoms. The van der Waals surface area contributed by atoms with Crippen LogP contribution in [0.2, 0.25) is 0 Å². The van der Waals surface area contributed by atoms with E-state index in [0.717, 1.165) is 19.3 Å². The fourth-order valence-corrected chi connectivity index (χ4v) is 1.52. The maximum absolute atomic E-state index is 11.8. The fraction of sp³-hybridized carbons (Fsp3) is 0.900. The number of hydrogen-bond donors (Lipinski definition) is 0. The van der Waals surface area contributed by atoms with E-state index in [-0.39, 0.29) is 5.92 Å². The molecule has 0 saturated heterocycles. The summed E-state index contributed by atoms with van der Waals surface area (Å²) in [4.78, 5) is 11.8. The van der Waals surface area contributed by atoms with Gasteiger partial charge in [-0.15, -0.1) is 0 Å². The monoisotopic (exact) mass is 170 g/mol. The Balaban J connectivity index is 2.58. The molecule has 0 spiro atoms. The Morgan fingerprint density at radius 3 is 2.42 bits per heavy atom. The molecule has 0 aliphatic heterocycles.